The molecule has 7 heteroatoms. The summed E-state index contributed by atoms with van der Waals surface area (Å²) in [6, 6.07) is 15.2. The van der Waals surface area contributed by atoms with Crippen LogP contribution in [0.1, 0.15) is 18.9 Å². The van der Waals surface area contributed by atoms with E-state index in [2.05, 4.69) is 15.5 Å². The average molecular weight is 381 g/mol. The van der Waals surface area contributed by atoms with E-state index in [9.17, 15) is 4.79 Å². The highest BCUT2D eigenvalue weighted by molar-refractivity contribution is 7.14. The van der Waals surface area contributed by atoms with Gasteiger partial charge in [-0.25, -0.2) is 4.98 Å². The second-order valence-corrected chi connectivity index (χ2v) is 6.37. The van der Waals surface area contributed by atoms with Crippen LogP contribution in [-0.4, -0.2) is 24.3 Å². The zero-order valence-corrected chi connectivity index (χ0v) is 15.8. The van der Waals surface area contributed by atoms with Gasteiger partial charge < -0.3 is 9.47 Å². The Kier molecular flexibility index (Phi) is 6.17. The molecule has 0 aliphatic heterocycles. The Hall–Kier alpha value is -3.19. The van der Waals surface area contributed by atoms with Gasteiger partial charge in [-0.1, -0.05) is 37.3 Å². The van der Waals surface area contributed by atoms with E-state index in [1.165, 1.54) is 18.4 Å². The minimum Gasteiger partial charge on any atom is -0.493 e. The van der Waals surface area contributed by atoms with E-state index in [0.29, 0.717) is 23.1 Å². The quantitative estimate of drug-likeness (QED) is 0.281. The number of anilines is 1. The lowest BCUT2D eigenvalue weighted by Crippen LogP contribution is -2.06. The molecule has 0 fully saturated rings. The number of hydrogen-bond donors (Lipinski definition) is 1. The number of ether oxygens (including phenoxy) is 2. The summed E-state index contributed by atoms with van der Waals surface area (Å²) in [5.74, 6) is 0.553. The van der Waals surface area contributed by atoms with Crippen molar-refractivity contribution in [2.45, 2.75) is 13.3 Å². The summed E-state index contributed by atoms with van der Waals surface area (Å²) in [5.41, 5.74) is 5.70. The van der Waals surface area contributed by atoms with Crippen molar-refractivity contribution in [2.75, 3.05) is 12.5 Å². The minimum atomic E-state index is -0.311. The van der Waals surface area contributed by atoms with Crippen LogP contribution in [0.4, 0.5) is 5.13 Å². The van der Waals surface area contributed by atoms with Crippen LogP contribution in [0.2, 0.25) is 0 Å². The second kappa shape index (κ2) is 8.95. The summed E-state index contributed by atoms with van der Waals surface area (Å²) >= 11 is 1.48. The van der Waals surface area contributed by atoms with Crippen molar-refractivity contribution < 1.29 is 14.3 Å². The molecule has 0 saturated carbocycles. The van der Waals surface area contributed by atoms with E-state index in [1.54, 1.807) is 31.3 Å². The maximum atomic E-state index is 11.4. The summed E-state index contributed by atoms with van der Waals surface area (Å²) < 4.78 is 10.5. The van der Waals surface area contributed by atoms with E-state index in [0.717, 1.165) is 16.8 Å². The van der Waals surface area contributed by atoms with Crippen molar-refractivity contribution in [1.29, 1.82) is 0 Å². The highest BCUT2D eigenvalue weighted by atomic mass is 32.1. The van der Waals surface area contributed by atoms with Gasteiger partial charge in [0.25, 0.3) is 0 Å². The van der Waals surface area contributed by atoms with Gasteiger partial charge in [0.1, 0.15) is 0 Å². The van der Waals surface area contributed by atoms with Gasteiger partial charge in [-0.3, -0.25) is 10.2 Å². The van der Waals surface area contributed by atoms with Crippen molar-refractivity contribution in [1.82, 2.24) is 4.98 Å². The zero-order chi connectivity index (χ0) is 19.1. The smallest absolute Gasteiger partial charge is 0.311 e. The van der Waals surface area contributed by atoms with Crippen LogP contribution in [0.25, 0.3) is 11.3 Å². The molecule has 3 aromatic rings. The topological polar surface area (TPSA) is 72.8 Å². The third kappa shape index (κ3) is 4.92. The normalized spacial score (nSPS) is 10.7. The van der Waals surface area contributed by atoms with Gasteiger partial charge in [0.2, 0.25) is 5.13 Å². The first-order valence-corrected chi connectivity index (χ1v) is 9.26. The fourth-order valence-electron chi connectivity index (χ4n) is 2.27. The summed E-state index contributed by atoms with van der Waals surface area (Å²) in [6.45, 7) is 1.74. The number of carbonyl (C=O) groups excluding carboxylic acids is 1. The highest BCUT2D eigenvalue weighted by Gasteiger charge is 2.09. The van der Waals surface area contributed by atoms with Crippen LogP contribution >= 0.6 is 11.3 Å². The Balaban J connectivity index is 1.66. The van der Waals surface area contributed by atoms with Crippen molar-refractivity contribution in [3.63, 3.8) is 0 Å². The Labute approximate surface area is 161 Å². The van der Waals surface area contributed by atoms with Crippen LogP contribution in [0.3, 0.4) is 0 Å². The SMILES string of the molecule is CCC(=O)Oc1ccc(C=NNc2nc(-c3ccccc3)cs2)cc1OC. The molecule has 1 heterocycles. The van der Waals surface area contributed by atoms with Crippen molar-refractivity contribution >= 4 is 28.7 Å². The maximum absolute atomic E-state index is 11.4. The number of carbonyl (C=O) groups is 1. The number of hydrazone groups is 1. The molecule has 0 unspecified atom stereocenters. The van der Waals surface area contributed by atoms with Crippen molar-refractivity contribution in [3.05, 3.63) is 59.5 Å². The molecular formula is C20H19N3O3S. The van der Waals surface area contributed by atoms with Crippen LogP contribution in [-0.2, 0) is 4.79 Å². The van der Waals surface area contributed by atoms with Gasteiger partial charge in [0.05, 0.1) is 19.0 Å². The molecule has 3 rings (SSSR count). The molecule has 0 aliphatic carbocycles. The first-order chi connectivity index (χ1) is 13.2. The first kappa shape index (κ1) is 18.6. The molecule has 138 valence electrons. The molecule has 1 aromatic heterocycles. The lowest BCUT2D eigenvalue weighted by atomic mass is 10.2. The molecule has 0 atom stereocenters. The molecule has 0 saturated heterocycles. The van der Waals surface area contributed by atoms with E-state index in [4.69, 9.17) is 9.47 Å². The number of benzene rings is 2. The lowest BCUT2D eigenvalue weighted by molar-refractivity contribution is -0.134. The fraction of sp³-hybridized carbons (Fsp3) is 0.150. The Morgan fingerprint density at radius 3 is 2.78 bits per heavy atom. The number of hydrogen-bond acceptors (Lipinski definition) is 7. The highest BCUT2D eigenvalue weighted by Crippen LogP contribution is 2.28. The summed E-state index contributed by atoms with van der Waals surface area (Å²) in [5, 5.41) is 6.89. The number of thiazole rings is 1. The van der Waals surface area contributed by atoms with E-state index < -0.39 is 0 Å². The standard InChI is InChI=1S/C20H19N3O3S/c1-3-19(24)26-17-10-9-14(11-18(17)25-2)12-21-23-20-22-16(13-27-20)15-7-5-4-6-8-15/h4-13H,3H2,1-2H3,(H,22,23). The zero-order valence-electron chi connectivity index (χ0n) is 15.0. The largest absolute Gasteiger partial charge is 0.493 e. The van der Waals surface area contributed by atoms with Gasteiger partial charge in [0.15, 0.2) is 11.5 Å². The number of aromatic nitrogens is 1. The third-order valence-corrected chi connectivity index (χ3v) is 4.39. The molecule has 1 N–H and O–H groups in total. The minimum absolute atomic E-state index is 0.301. The van der Waals surface area contributed by atoms with Crippen LogP contribution in [0, 0.1) is 0 Å². The molecule has 0 amide bonds. The monoisotopic (exact) mass is 381 g/mol. The average Bonchev–Trinajstić information content (AvgIpc) is 3.18. The van der Waals surface area contributed by atoms with Crippen LogP contribution in [0.5, 0.6) is 11.5 Å². The number of rotatable bonds is 7. The Bertz CT molecular complexity index is 939. The predicted octanol–water partition coefficient (Wildman–Crippen LogP) is 4.58. The number of methoxy groups -OCH3 is 1. The van der Waals surface area contributed by atoms with Gasteiger partial charge in [0, 0.05) is 17.4 Å². The second-order valence-electron chi connectivity index (χ2n) is 5.51. The van der Waals surface area contributed by atoms with Crippen molar-refractivity contribution in [2.24, 2.45) is 5.10 Å². The first-order valence-electron chi connectivity index (χ1n) is 8.38. The van der Waals surface area contributed by atoms with E-state index in [-0.39, 0.29) is 5.97 Å². The molecular weight excluding hydrogens is 362 g/mol. The van der Waals surface area contributed by atoms with E-state index in [1.807, 2.05) is 35.7 Å². The molecule has 27 heavy (non-hydrogen) atoms. The van der Waals surface area contributed by atoms with Gasteiger partial charge in [-0.15, -0.1) is 11.3 Å². The van der Waals surface area contributed by atoms with Gasteiger partial charge in [-0.2, -0.15) is 5.10 Å². The molecule has 6 nitrogen and oxygen atoms in total. The molecule has 2 aromatic carbocycles. The Morgan fingerprint density at radius 1 is 1.22 bits per heavy atom. The summed E-state index contributed by atoms with van der Waals surface area (Å²) in [7, 11) is 1.53. The van der Waals surface area contributed by atoms with Crippen LogP contribution in [0.15, 0.2) is 59.0 Å². The number of nitrogens with one attached hydrogen (secondary N) is 1. The number of esters is 1. The van der Waals surface area contributed by atoms with Gasteiger partial charge >= 0.3 is 5.97 Å². The lowest BCUT2D eigenvalue weighted by Gasteiger charge is -2.09. The van der Waals surface area contributed by atoms with E-state index >= 15 is 0 Å². The summed E-state index contributed by atoms with van der Waals surface area (Å²) in [6.07, 6.45) is 1.95. The molecule has 0 aliphatic rings. The molecule has 0 radical (unpaired) electrons. The van der Waals surface area contributed by atoms with Gasteiger partial charge in [-0.05, 0) is 23.8 Å². The molecule has 0 bridgehead atoms. The summed E-state index contributed by atoms with van der Waals surface area (Å²) in [4.78, 5) is 16.0. The van der Waals surface area contributed by atoms with Crippen LogP contribution < -0.4 is 14.9 Å². The Morgan fingerprint density at radius 2 is 2.04 bits per heavy atom. The third-order valence-electron chi connectivity index (χ3n) is 3.65. The maximum Gasteiger partial charge on any atom is 0.311 e. The predicted molar refractivity (Wildman–Crippen MR) is 108 cm³/mol. The fourth-order valence-corrected chi connectivity index (χ4v) is 2.94. The van der Waals surface area contributed by atoms with Crippen molar-refractivity contribution in [3.8, 4) is 22.8 Å². The molecule has 0 spiro atoms. The number of nitrogens with zero attached hydrogens (tertiary/aromatic N) is 2.